The van der Waals surface area contributed by atoms with E-state index in [-0.39, 0.29) is 17.5 Å². The lowest BCUT2D eigenvalue weighted by Gasteiger charge is -2.11. The van der Waals surface area contributed by atoms with E-state index < -0.39 is 0 Å². The van der Waals surface area contributed by atoms with E-state index >= 15 is 0 Å². The third-order valence-electron chi connectivity index (χ3n) is 3.63. The Bertz CT molecular complexity index is 932. The van der Waals surface area contributed by atoms with E-state index in [9.17, 15) is 9.59 Å². The van der Waals surface area contributed by atoms with Crippen molar-refractivity contribution in [3.63, 3.8) is 0 Å². The van der Waals surface area contributed by atoms with E-state index in [4.69, 9.17) is 0 Å². The van der Waals surface area contributed by atoms with Crippen molar-refractivity contribution in [3.8, 4) is 0 Å². The number of rotatable bonds is 5. The number of aryl methyl sites for hydroxylation is 1. The number of anilines is 1. The Balaban J connectivity index is 1.84. The summed E-state index contributed by atoms with van der Waals surface area (Å²) in [5.74, 6) is -0.690. The van der Waals surface area contributed by atoms with Crippen LogP contribution in [0.1, 0.15) is 20.8 Å². The number of hydrogen-bond acceptors (Lipinski definition) is 3. The van der Waals surface area contributed by atoms with Crippen LogP contribution in [0, 0.1) is 6.92 Å². The van der Waals surface area contributed by atoms with Crippen LogP contribution in [0.15, 0.2) is 77.8 Å². The van der Waals surface area contributed by atoms with Crippen LogP contribution in [-0.2, 0) is 4.79 Å². The highest BCUT2D eigenvalue weighted by molar-refractivity contribution is 7.10. The highest BCUT2D eigenvalue weighted by Gasteiger charge is 2.15. The number of carbonyl (C=O) groups excluding carboxylic acids is 2. The van der Waals surface area contributed by atoms with Crippen molar-refractivity contribution in [2.24, 2.45) is 0 Å². The highest BCUT2D eigenvalue weighted by Crippen LogP contribution is 2.15. The van der Waals surface area contributed by atoms with Gasteiger partial charge in [0.05, 0.1) is 0 Å². The zero-order chi connectivity index (χ0) is 18.4. The average molecular weight is 362 g/mol. The van der Waals surface area contributed by atoms with Gasteiger partial charge in [-0.1, -0.05) is 42.0 Å². The summed E-state index contributed by atoms with van der Waals surface area (Å²) in [4.78, 5) is 26.1. The second-order valence-electron chi connectivity index (χ2n) is 5.72. The van der Waals surface area contributed by atoms with Gasteiger partial charge in [-0.25, -0.2) is 0 Å². The highest BCUT2D eigenvalue weighted by atomic mass is 32.1. The van der Waals surface area contributed by atoms with Crippen molar-refractivity contribution < 1.29 is 9.59 Å². The summed E-state index contributed by atoms with van der Waals surface area (Å²) >= 11 is 1.49. The van der Waals surface area contributed by atoms with Gasteiger partial charge in [0.1, 0.15) is 5.70 Å². The van der Waals surface area contributed by atoms with Crippen LogP contribution in [0.3, 0.4) is 0 Å². The standard InChI is InChI=1S/C21H18N2O2S/c1-15-7-5-8-16(13-15)20(24)23-19(14-18-11-6-12-26-18)21(25)22-17-9-3-2-4-10-17/h2-14H,1H3,(H,22,25)(H,23,24)/b19-14-. The molecule has 26 heavy (non-hydrogen) atoms. The van der Waals surface area contributed by atoms with Gasteiger partial charge < -0.3 is 10.6 Å². The van der Waals surface area contributed by atoms with Crippen LogP contribution in [-0.4, -0.2) is 11.8 Å². The molecule has 5 heteroatoms. The summed E-state index contributed by atoms with van der Waals surface area (Å²) in [5, 5.41) is 7.46. The number of nitrogens with one attached hydrogen (secondary N) is 2. The summed E-state index contributed by atoms with van der Waals surface area (Å²) < 4.78 is 0. The van der Waals surface area contributed by atoms with E-state index in [1.54, 1.807) is 30.3 Å². The van der Waals surface area contributed by atoms with E-state index in [1.165, 1.54) is 11.3 Å². The molecule has 3 rings (SSSR count). The van der Waals surface area contributed by atoms with Crippen molar-refractivity contribution in [1.82, 2.24) is 5.32 Å². The number of hydrogen-bond donors (Lipinski definition) is 2. The zero-order valence-corrected chi connectivity index (χ0v) is 15.0. The molecule has 0 bridgehead atoms. The topological polar surface area (TPSA) is 58.2 Å². The van der Waals surface area contributed by atoms with Crippen LogP contribution in [0.25, 0.3) is 6.08 Å². The van der Waals surface area contributed by atoms with Crippen LogP contribution in [0.2, 0.25) is 0 Å². The molecule has 0 saturated carbocycles. The number of thiophene rings is 1. The molecule has 0 spiro atoms. The maximum Gasteiger partial charge on any atom is 0.272 e. The zero-order valence-electron chi connectivity index (χ0n) is 14.2. The number of amides is 2. The molecule has 130 valence electrons. The number of benzene rings is 2. The molecule has 2 amide bonds. The van der Waals surface area contributed by atoms with Crippen molar-refractivity contribution in [2.45, 2.75) is 6.92 Å². The molecule has 0 radical (unpaired) electrons. The fourth-order valence-electron chi connectivity index (χ4n) is 2.37. The summed E-state index contributed by atoms with van der Waals surface area (Å²) in [6.45, 7) is 1.92. The second-order valence-corrected chi connectivity index (χ2v) is 6.70. The first-order valence-electron chi connectivity index (χ1n) is 8.11. The average Bonchev–Trinajstić information content (AvgIpc) is 3.15. The Morgan fingerprint density at radius 3 is 2.46 bits per heavy atom. The van der Waals surface area contributed by atoms with Crippen molar-refractivity contribution >= 4 is 34.9 Å². The summed E-state index contributed by atoms with van der Waals surface area (Å²) in [6, 6.07) is 20.2. The Morgan fingerprint density at radius 1 is 0.962 bits per heavy atom. The first kappa shape index (κ1) is 17.6. The normalized spacial score (nSPS) is 11.0. The Kier molecular flexibility index (Phi) is 5.61. The first-order valence-corrected chi connectivity index (χ1v) is 8.99. The molecule has 4 nitrogen and oxygen atoms in total. The monoisotopic (exact) mass is 362 g/mol. The van der Waals surface area contributed by atoms with E-state index in [0.717, 1.165) is 10.4 Å². The van der Waals surface area contributed by atoms with Crippen molar-refractivity contribution in [3.05, 3.63) is 93.8 Å². The Morgan fingerprint density at radius 2 is 1.77 bits per heavy atom. The minimum absolute atomic E-state index is 0.197. The van der Waals surface area contributed by atoms with Gasteiger partial charge in [-0.15, -0.1) is 11.3 Å². The molecule has 2 N–H and O–H groups in total. The smallest absolute Gasteiger partial charge is 0.272 e. The molecule has 0 aliphatic carbocycles. The van der Waals surface area contributed by atoms with Gasteiger partial charge in [0.2, 0.25) is 0 Å². The fourth-order valence-corrected chi connectivity index (χ4v) is 3.03. The molecule has 1 heterocycles. The largest absolute Gasteiger partial charge is 0.321 e. The van der Waals surface area contributed by atoms with Crippen LogP contribution >= 0.6 is 11.3 Å². The maximum atomic E-state index is 12.7. The molecule has 0 unspecified atom stereocenters. The van der Waals surface area contributed by atoms with Gasteiger partial charge in [0, 0.05) is 16.1 Å². The van der Waals surface area contributed by atoms with Gasteiger partial charge in [0.25, 0.3) is 11.8 Å². The molecule has 3 aromatic rings. The molecule has 0 aliphatic heterocycles. The second kappa shape index (κ2) is 8.27. The predicted molar refractivity (Wildman–Crippen MR) is 106 cm³/mol. The minimum atomic E-state index is -0.370. The SMILES string of the molecule is Cc1cccc(C(=O)N/C(=C\c2cccs2)C(=O)Nc2ccccc2)c1. The number of para-hydroxylation sites is 1. The summed E-state index contributed by atoms with van der Waals surface area (Å²) in [5.41, 5.74) is 2.35. The van der Waals surface area contributed by atoms with E-state index in [0.29, 0.717) is 11.3 Å². The van der Waals surface area contributed by atoms with E-state index in [1.807, 2.05) is 54.8 Å². The molecular formula is C21H18N2O2S. The molecule has 0 fully saturated rings. The van der Waals surface area contributed by atoms with Gasteiger partial charge in [-0.05, 0) is 48.7 Å². The van der Waals surface area contributed by atoms with E-state index in [2.05, 4.69) is 10.6 Å². The molecular weight excluding hydrogens is 344 g/mol. The van der Waals surface area contributed by atoms with Gasteiger partial charge in [0.15, 0.2) is 0 Å². The lowest BCUT2D eigenvalue weighted by molar-refractivity contribution is -0.113. The summed E-state index contributed by atoms with van der Waals surface area (Å²) in [6.07, 6.45) is 1.68. The van der Waals surface area contributed by atoms with Gasteiger partial charge in [-0.3, -0.25) is 9.59 Å². The fraction of sp³-hybridized carbons (Fsp3) is 0.0476. The van der Waals surface area contributed by atoms with Crippen LogP contribution in [0.5, 0.6) is 0 Å². The van der Waals surface area contributed by atoms with Crippen molar-refractivity contribution in [2.75, 3.05) is 5.32 Å². The van der Waals surface area contributed by atoms with Gasteiger partial charge >= 0.3 is 0 Å². The Hall–Kier alpha value is -3.18. The lowest BCUT2D eigenvalue weighted by atomic mass is 10.1. The Labute approximate surface area is 156 Å². The number of carbonyl (C=O) groups is 2. The lowest BCUT2D eigenvalue weighted by Crippen LogP contribution is -2.30. The third-order valence-corrected chi connectivity index (χ3v) is 4.45. The molecule has 0 atom stereocenters. The molecule has 2 aromatic carbocycles. The third kappa shape index (κ3) is 4.68. The quantitative estimate of drug-likeness (QED) is 0.658. The predicted octanol–water partition coefficient (Wildman–Crippen LogP) is 4.47. The van der Waals surface area contributed by atoms with Crippen LogP contribution < -0.4 is 10.6 Å². The van der Waals surface area contributed by atoms with Crippen molar-refractivity contribution in [1.29, 1.82) is 0 Å². The summed E-state index contributed by atoms with van der Waals surface area (Å²) in [7, 11) is 0. The maximum absolute atomic E-state index is 12.7. The first-order chi connectivity index (χ1) is 12.6. The molecule has 1 aromatic heterocycles. The molecule has 0 aliphatic rings. The van der Waals surface area contributed by atoms with Crippen LogP contribution in [0.4, 0.5) is 5.69 Å². The minimum Gasteiger partial charge on any atom is -0.321 e. The molecule has 0 saturated heterocycles. The van der Waals surface area contributed by atoms with Gasteiger partial charge in [-0.2, -0.15) is 0 Å².